The van der Waals surface area contributed by atoms with Crippen LogP contribution in [0.1, 0.15) is 22.3 Å². The predicted octanol–water partition coefficient (Wildman–Crippen LogP) is 3.72. The summed E-state index contributed by atoms with van der Waals surface area (Å²) in [6, 6.07) is 16.6. The summed E-state index contributed by atoms with van der Waals surface area (Å²) in [7, 11) is 0. The average molecular weight is 549 g/mol. The van der Waals surface area contributed by atoms with Gasteiger partial charge in [0.25, 0.3) is 0 Å². The molecule has 0 bridgehead atoms. The third-order valence-corrected chi connectivity index (χ3v) is 9.06. The van der Waals surface area contributed by atoms with E-state index in [0.717, 1.165) is 33.2 Å². The molecular weight excluding hydrogens is 520 g/mol. The standard InChI is InChI=1S/C32H28N4O5/c1-16-11-17(2)28-21(12-16)32(31(39)34-28)27-26(23(35-32)13-18-15-33-22-6-4-3-5-20(18)22)29(37)36(30(27)38)19-7-8-24-25(14-19)41-10-9-40-24/h3-8,11-12,14-15,23,26-27,33,35H,9-10,13H2,1-2H3,(H,34,39)/t23-,26-,27+,32+/m1/s1. The first-order chi connectivity index (χ1) is 19.9. The van der Waals surface area contributed by atoms with Gasteiger partial charge in [-0.2, -0.15) is 0 Å². The fraction of sp³-hybridized carbons (Fsp3) is 0.281. The Hall–Kier alpha value is -4.63. The summed E-state index contributed by atoms with van der Waals surface area (Å²) in [5.74, 6) is -1.62. The number of aryl methyl sites for hydroxylation is 2. The highest BCUT2D eigenvalue weighted by molar-refractivity contribution is 6.26. The summed E-state index contributed by atoms with van der Waals surface area (Å²) in [5.41, 5.74) is 4.39. The number of aromatic amines is 1. The van der Waals surface area contributed by atoms with Gasteiger partial charge >= 0.3 is 0 Å². The van der Waals surface area contributed by atoms with Crippen LogP contribution >= 0.6 is 0 Å². The van der Waals surface area contributed by atoms with Crippen molar-refractivity contribution in [2.24, 2.45) is 11.8 Å². The molecule has 4 aromatic rings. The molecule has 9 heteroatoms. The van der Waals surface area contributed by atoms with Crippen molar-refractivity contribution >= 4 is 40.0 Å². The molecule has 0 saturated carbocycles. The summed E-state index contributed by atoms with van der Waals surface area (Å²) in [6.45, 7) is 4.75. The van der Waals surface area contributed by atoms with Gasteiger partial charge in [0, 0.05) is 40.5 Å². The van der Waals surface area contributed by atoms with E-state index in [9.17, 15) is 14.4 Å². The maximum absolute atomic E-state index is 14.4. The number of nitrogens with zero attached hydrogens (tertiary/aromatic N) is 1. The lowest BCUT2D eigenvalue weighted by Gasteiger charge is -2.30. The van der Waals surface area contributed by atoms with E-state index in [0.29, 0.717) is 42.5 Å². The fourth-order valence-electron chi connectivity index (χ4n) is 7.40. The van der Waals surface area contributed by atoms with Crippen LogP contribution in [0.25, 0.3) is 10.9 Å². The minimum Gasteiger partial charge on any atom is -0.486 e. The van der Waals surface area contributed by atoms with E-state index < -0.39 is 29.3 Å². The lowest BCUT2D eigenvalue weighted by molar-refractivity contribution is -0.130. The Morgan fingerprint density at radius 3 is 2.61 bits per heavy atom. The fourth-order valence-corrected chi connectivity index (χ4v) is 7.40. The minimum absolute atomic E-state index is 0.303. The molecule has 41 heavy (non-hydrogen) atoms. The Kier molecular flexibility index (Phi) is 4.98. The predicted molar refractivity (Wildman–Crippen MR) is 152 cm³/mol. The van der Waals surface area contributed by atoms with Gasteiger partial charge in [-0.05, 0) is 49.6 Å². The first-order valence-electron chi connectivity index (χ1n) is 13.9. The van der Waals surface area contributed by atoms with Crippen molar-refractivity contribution in [3.8, 4) is 11.5 Å². The summed E-state index contributed by atoms with van der Waals surface area (Å²) >= 11 is 0. The molecule has 3 aromatic carbocycles. The molecule has 1 spiro atoms. The molecule has 0 aliphatic carbocycles. The Morgan fingerprint density at radius 1 is 0.951 bits per heavy atom. The summed E-state index contributed by atoms with van der Waals surface area (Å²) in [5, 5.41) is 7.68. The number of carbonyl (C=O) groups excluding carboxylic acids is 3. The normalized spacial score (nSPS) is 26.1. The molecule has 4 atom stereocenters. The summed E-state index contributed by atoms with van der Waals surface area (Å²) < 4.78 is 11.4. The monoisotopic (exact) mass is 548 g/mol. The van der Waals surface area contributed by atoms with Crippen LogP contribution in [0.15, 0.2) is 60.8 Å². The minimum atomic E-state index is -1.37. The molecule has 3 amide bonds. The molecule has 8 rings (SSSR count). The zero-order valence-corrected chi connectivity index (χ0v) is 22.6. The van der Waals surface area contributed by atoms with Gasteiger partial charge in [-0.1, -0.05) is 35.9 Å². The van der Waals surface area contributed by atoms with E-state index in [1.165, 1.54) is 4.90 Å². The van der Waals surface area contributed by atoms with Crippen molar-refractivity contribution < 1.29 is 23.9 Å². The van der Waals surface area contributed by atoms with E-state index in [2.05, 4.69) is 15.6 Å². The highest BCUT2D eigenvalue weighted by atomic mass is 16.6. The SMILES string of the molecule is Cc1cc(C)c2c(c1)[C@@]1(N[C@H](Cc3c[nH]c4ccccc34)[C@H]3C(=O)N(c4ccc5c(c4)OCCO5)C(=O)[C@H]31)C(=O)N2. The van der Waals surface area contributed by atoms with Crippen molar-refractivity contribution in [1.29, 1.82) is 0 Å². The number of hydrogen-bond donors (Lipinski definition) is 3. The van der Waals surface area contributed by atoms with E-state index in [-0.39, 0.29) is 11.8 Å². The zero-order valence-electron chi connectivity index (χ0n) is 22.6. The van der Waals surface area contributed by atoms with Crippen LogP contribution in [-0.4, -0.2) is 42.0 Å². The molecule has 2 fully saturated rings. The molecular formula is C32H28N4O5. The lowest BCUT2D eigenvalue weighted by atomic mass is 9.75. The molecule has 0 radical (unpaired) electrons. The van der Waals surface area contributed by atoms with Gasteiger partial charge in [-0.3, -0.25) is 19.7 Å². The molecule has 206 valence electrons. The van der Waals surface area contributed by atoms with Gasteiger partial charge in [-0.25, -0.2) is 4.90 Å². The number of para-hydroxylation sites is 1. The quantitative estimate of drug-likeness (QED) is 0.337. The second-order valence-electron chi connectivity index (χ2n) is 11.4. The molecule has 2 saturated heterocycles. The first kappa shape index (κ1) is 24.2. The van der Waals surface area contributed by atoms with Crippen LogP contribution in [0.5, 0.6) is 11.5 Å². The van der Waals surface area contributed by atoms with E-state index in [1.54, 1.807) is 18.2 Å². The maximum atomic E-state index is 14.4. The van der Waals surface area contributed by atoms with Crippen LogP contribution < -0.4 is 25.0 Å². The van der Waals surface area contributed by atoms with Gasteiger partial charge in [-0.15, -0.1) is 0 Å². The number of anilines is 2. The lowest BCUT2D eigenvalue weighted by Crippen LogP contribution is -2.53. The Morgan fingerprint density at radius 2 is 1.76 bits per heavy atom. The largest absolute Gasteiger partial charge is 0.486 e. The van der Waals surface area contributed by atoms with Gasteiger partial charge in [0.1, 0.15) is 18.8 Å². The second-order valence-corrected chi connectivity index (χ2v) is 11.4. The average Bonchev–Trinajstić information content (AvgIpc) is 3.68. The number of aromatic nitrogens is 1. The number of nitrogens with one attached hydrogen (secondary N) is 3. The number of imide groups is 1. The van der Waals surface area contributed by atoms with Crippen molar-refractivity contribution in [2.45, 2.75) is 31.8 Å². The number of carbonyl (C=O) groups is 3. The van der Waals surface area contributed by atoms with Crippen LogP contribution in [0, 0.1) is 25.7 Å². The third kappa shape index (κ3) is 3.23. The highest BCUT2D eigenvalue weighted by Crippen LogP contribution is 2.55. The van der Waals surface area contributed by atoms with E-state index in [1.807, 2.05) is 56.4 Å². The zero-order chi connectivity index (χ0) is 28.0. The Labute approximate surface area is 235 Å². The maximum Gasteiger partial charge on any atom is 0.250 e. The highest BCUT2D eigenvalue weighted by Gasteiger charge is 2.70. The first-order valence-corrected chi connectivity index (χ1v) is 13.9. The smallest absolute Gasteiger partial charge is 0.250 e. The van der Waals surface area contributed by atoms with Gasteiger partial charge in [0.2, 0.25) is 17.7 Å². The molecule has 4 aliphatic heterocycles. The molecule has 5 heterocycles. The van der Waals surface area contributed by atoms with E-state index in [4.69, 9.17) is 9.47 Å². The summed E-state index contributed by atoms with van der Waals surface area (Å²) in [4.78, 5) is 47.3. The topological polar surface area (TPSA) is 113 Å². The third-order valence-electron chi connectivity index (χ3n) is 9.06. The van der Waals surface area contributed by atoms with Gasteiger partial charge in [0.15, 0.2) is 11.5 Å². The number of ether oxygens (including phenoxy) is 2. The van der Waals surface area contributed by atoms with Gasteiger partial charge in [0.05, 0.1) is 17.5 Å². The second kappa shape index (κ2) is 8.44. The van der Waals surface area contributed by atoms with Crippen LogP contribution in [0.2, 0.25) is 0 Å². The van der Waals surface area contributed by atoms with Crippen molar-refractivity contribution in [1.82, 2.24) is 10.3 Å². The number of fused-ring (bicyclic) bond motifs is 6. The van der Waals surface area contributed by atoms with Crippen molar-refractivity contribution in [2.75, 3.05) is 23.4 Å². The Bertz CT molecular complexity index is 1810. The number of rotatable bonds is 3. The van der Waals surface area contributed by atoms with Crippen LogP contribution in [0.4, 0.5) is 11.4 Å². The molecule has 9 nitrogen and oxygen atoms in total. The Balaban J connectivity index is 1.28. The molecule has 3 N–H and O–H groups in total. The summed E-state index contributed by atoms with van der Waals surface area (Å²) in [6.07, 6.45) is 2.41. The molecule has 0 unspecified atom stereocenters. The van der Waals surface area contributed by atoms with Gasteiger partial charge < -0.3 is 19.8 Å². The van der Waals surface area contributed by atoms with Crippen molar-refractivity contribution in [3.63, 3.8) is 0 Å². The number of hydrogen-bond acceptors (Lipinski definition) is 6. The number of amides is 3. The number of benzene rings is 3. The van der Waals surface area contributed by atoms with Crippen molar-refractivity contribution in [3.05, 3.63) is 83.0 Å². The molecule has 4 aliphatic rings. The number of H-pyrrole nitrogens is 1. The van der Waals surface area contributed by atoms with E-state index >= 15 is 0 Å². The van der Waals surface area contributed by atoms with Crippen LogP contribution in [0.3, 0.4) is 0 Å². The van der Waals surface area contributed by atoms with Crippen LogP contribution in [-0.2, 0) is 26.3 Å². The molecule has 1 aromatic heterocycles.